The van der Waals surface area contributed by atoms with E-state index in [0.717, 1.165) is 22.4 Å². The van der Waals surface area contributed by atoms with Crippen molar-refractivity contribution < 1.29 is 19.5 Å². The predicted octanol–water partition coefficient (Wildman–Crippen LogP) is 7.73. The Morgan fingerprint density at radius 3 is 2.23 bits per heavy atom. The van der Waals surface area contributed by atoms with Gasteiger partial charge in [0.15, 0.2) is 0 Å². The van der Waals surface area contributed by atoms with Gasteiger partial charge in [-0.3, -0.25) is 14.4 Å². The molecule has 0 saturated heterocycles. The Morgan fingerprint density at radius 1 is 0.800 bits per heavy atom. The number of hydrogen-bond donors (Lipinski definition) is 2. The zero-order valence-electron chi connectivity index (χ0n) is 34.3. The lowest BCUT2D eigenvalue weighted by Crippen LogP contribution is -2.43. The van der Waals surface area contributed by atoms with Crippen LogP contribution in [0, 0.1) is 36.5 Å². The number of carbonyl (C=O) groups excluding carboxylic acids is 3. The number of nitrogens with one attached hydrogen (secondary N) is 1. The number of benzene rings is 4. The van der Waals surface area contributed by atoms with Crippen molar-refractivity contribution in [2.75, 3.05) is 11.9 Å². The summed E-state index contributed by atoms with van der Waals surface area (Å²) < 4.78 is 3.76. The van der Waals surface area contributed by atoms with Crippen LogP contribution in [0.15, 0.2) is 91.0 Å². The number of fused-ring (bicyclic) bond motifs is 2. The summed E-state index contributed by atoms with van der Waals surface area (Å²) in [5.41, 5.74) is 11.1. The van der Waals surface area contributed by atoms with Gasteiger partial charge in [0, 0.05) is 79.1 Å². The van der Waals surface area contributed by atoms with Crippen LogP contribution in [0.1, 0.15) is 78.1 Å². The van der Waals surface area contributed by atoms with Gasteiger partial charge in [-0.1, -0.05) is 42.5 Å². The van der Waals surface area contributed by atoms with Crippen molar-refractivity contribution in [1.82, 2.24) is 18.9 Å². The highest BCUT2D eigenvalue weighted by molar-refractivity contribution is 6.14. The highest BCUT2D eigenvalue weighted by Crippen LogP contribution is 2.44. The molecule has 6 aromatic rings. The van der Waals surface area contributed by atoms with Gasteiger partial charge in [-0.2, -0.15) is 10.5 Å². The first-order valence-electron chi connectivity index (χ1n) is 20.0. The molecule has 11 heteroatoms. The molecule has 2 aliphatic rings. The first-order chi connectivity index (χ1) is 28.9. The van der Waals surface area contributed by atoms with Gasteiger partial charge in [-0.15, -0.1) is 0 Å². The number of aromatic hydroxyl groups is 1. The van der Waals surface area contributed by atoms with E-state index in [9.17, 15) is 25.2 Å². The molecule has 11 nitrogen and oxygen atoms in total. The Labute approximate surface area is 349 Å². The standard InChI is InChI=1S/C49H45N7O4/c1-29-20-32-10-7-9-13-36(32)28-56(29)49(60)43-22-37-27-55(44(58)23-33-11-6-8-12-35(33)25-50)19-18-34(37)21-42(43)47-46(41-24-39(26-51)53(4)30(41)2)45(31(3)54(47)5)48(59)52-38-14-16-40(57)17-15-38/h6-17,21-22,24,29,57H,18-20,23,27-28H2,1-5H3,(H,52,59)/t29-/m1/s1. The Balaban J connectivity index is 1.30. The Morgan fingerprint density at radius 2 is 1.52 bits per heavy atom. The van der Waals surface area contributed by atoms with Crippen LogP contribution in [0.5, 0.6) is 5.75 Å². The summed E-state index contributed by atoms with van der Waals surface area (Å²) >= 11 is 0. The molecule has 60 heavy (non-hydrogen) atoms. The van der Waals surface area contributed by atoms with E-state index < -0.39 is 0 Å². The van der Waals surface area contributed by atoms with Gasteiger partial charge < -0.3 is 29.4 Å². The Hall–Kier alpha value is -7.37. The SMILES string of the molecule is Cc1c(-c2c(C(=O)Nc3ccc(O)cc3)c(C)n(C)c2-c2cc3c(cc2C(=O)N2Cc4ccccc4C[C@H]2C)CN(C(=O)Cc2ccccc2C#N)CC3)cc(C#N)n1C. The lowest BCUT2D eigenvalue weighted by atomic mass is 9.87. The highest BCUT2D eigenvalue weighted by atomic mass is 16.3. The Bertz CT molecular complexity index is 2820. The zero-order valence-corrected chi connectivity index (χ0v) is 34.3. The van der Waals surface area contributed by atoms with Crippen LogP contribution in [0.2, 0.25) is 0 Å². The van der Waals surface area contributed by atoms with Crippen LogP contribution >= 0.6 is 0 Å². The molecule has 0 aliphatic carbocycles. The normalized spacial score (nSPS) is 14.5. The second-order valence-corrected chi connectivity index (χ2v) is 15.9. The molecule has 3 amide bonds. The summed E-state index contributed by atoms with van der Waals surface area (Å²) in [6.07, 6.45) is 1.33. The maximum atomic E-state index is 15.3. The van der Waals surface area contributed by atoms with Gasteiger partial charge in [-0.05, 0) is 110 Å². The molecule has 300 valence electrons. The summed E-state index contributed by atoms with van der Waals surface area (Å²) in [7, 11) is 3.71. The van der Waals surface area contributed by atoms with Gasteiger partial charge in [0.25, 0.3) is 11.8 Å². The fourth-order valence-corrected chi connectivity index (χ4v) is 8.81. The number of amides is 3. The van der Waals surface area contributed by atoms with Crippen molar-refractivity contribution in [3.05, 3.63) is 153 Å². The van der Waals surface area contributed by atoms with E-state index in [0.29, 0.717) is 94.2 Å². The molecule has 1 atom stereocenters. The number of nitrogens with zero attached hydrogens (tertiary/aromatic N) is 6. The number of nitriles is 2. The summed E-state index contributed by atoms with van der Waals surface area (Å²) in [6.45, 7) is 7.03. The van der Waals surface area contributed by atoms with E-state index in [-0.39, 0.29) is 35.9 Å². The summed E-state index contributed by atoms with van der Waals surface area (Å²) in [4.78, 5) is 47.3. The number of hydrogen-bond acceptors (Lipinski definition) is 6. The maximum Gasteiger partial charge on any atom is 0.258 e. The van der Waals surface area contributed by atoms with E-state index >= 15 is 4.79 Å². The zero-order chi connectivity index (χ0) is 42.4. The monoisotopic (exact) mass is 795 g/mol. The maximum absolute atomic E-state index is 15.3. The quantitative estimate of drug-likeness (QED) is 0.158. The van der Waals surface area contributed by atoms with Crippen LogP contribution in [0.4, 0.5) is 5.69 Å². The lowest BCUT2D eigenvalue weighted by Gasteiger charge is -2.36. The average molecular weight is 796 g/mol. The molecule has 0 fully saturated rings. The number of anilines is 1. The van der Waals surface area contributed by atoms with Gasteiger partial charge in [-0.25, -0.2) is 0 Å². The molecule has 8 rings (SSSR count). The fraction of sp³-hybridized carbons (Fsp3) is 0.245. The molecule has 2 N–H and O–H groups in total. The lowest BCUT2D eigenvalue weighted by molar-refractivity contribution is -0.131. The highest BCUT2D eigenvalue weighted by Gasteiger charge is 2.35. The molecule has 0 spiro atoms. The van der Waals surface area contributed by atoms with E-state index in [1.807, 2.05) is 67.7 Å². The van der Waals surface area contributed by atoms with Crippen LogP contribution in [-0.2, 0) is 51.2 Å². The second kappa shape index (κ2) is 15.8. The van der Waals surface area contributed by atoms with Crippen LogP contribution < -0.4 is 5.32 Å². The first kappa shape index (κ1) is 39.5. The molecular formula is C49H45N7O4. The number of carbonyl (C=O) groups is 3. The molecular weight excluding hydrogens is 751 g/mol. The Kier molecular flexibility index (Phi) is 10.4. The third-order valence-electron chi connectivity index (χ3n) is 12.4. The molecule has 4 aromatic carbocycles. The minimum atomic E-state index is -0.379. The second-order valence-electron chi connectivity index (χ2n) is 15.9. The molecule has 0 saturated carbocycles. The van der Waals surface area contributed by atoms with Crippen molar-refractivity contribution >= 4 is 23.4 Å². The number of phenols is 1. The number of aromatic nitrogens is 2. The van der Waals surface area contributed by atoms with E-state index in [4.69, 9.17) is 0 Å². The molecule has 0 unspecified atom stereocenters. The fourth-order valence-electron chi connectivity index (χ4n) is 8.81. The molecule has 0 bridgehead atoms. The van der Waals surface area contributed by atoms with Crippen LogP contribution in [0.3, 0.4) is 0 Å². The van der Waals surface area contributed by atoms with Crippen LogP contribution in [-0.4, -0.2) is 54.3 Å². The average Bonchev–Trinajstić information content (AvgIpc) is 3.69. The van der Waals surface area contributed by atoms with Gasteiger partial charge in [0.2, 0.25) is 5.91 Å². The number of phenolic OH excluding ortho intramolecular Hbond substituents is 1. The summed E-state index contributed by atoms with van der Waals surface area (Å²) in [6, 6.07) is 31.7. The third kappa shape index (κ3) is 6.98. The minimum Gasteiger partial charge on any atom is -0.508 e. The van der Waals surface area contributed by atoms with E-state index in [1.165, 1.54) is 17.7 Å². The summed E-state index contributed by atoms with van der Waals surface area (Å²) in [5, 5.41) is 32.7. The van der Waals surface area contributed by atoms with Crippen molar-refractivity contribution in [2.24, 2.45) is 14.1 Å². The van der Waals surface area contributed by atoms with Gasteiger partial charge >= 0.3 is 0 Å². The van der Waals surface area contributed by atoms with E-state index in [1.54, 1.807) is 39.8 Å². The van der Waals surface area contributed by atoms with E-state index in [2.05, 4.69) is 42.6 Å². The smallest absolute Gasteiger partial charge is 0.258 e. The molecule has 4 heterocycles. The molecule has 2 aliphatic heterocycles. The van der Waals surface area contributed by atoms with Crippen LogP contribution in [0.25, 0.3) is 22.4 Å². The molecule has 2 aromatic heterocycles. The van der Waals surface area contributed by atoms with Crippen molar-refractivity contribution in [1.29, 1.82) is 10.5 Å². The first-order valence-corrected chi connectivity index (χ1v) is 20.0. The van der Waals surface area contributed by atoms with Crippen molar-refractivity contribution in [3.63, 3.8) is 0 Å². The van der Waals surface area contributed by atoms with Gasteiger partial charge in [0.1, 0.15) is 17.5 Å². The molecule has 0 radical (unpaired) electrons. The van der Waals surface area contributed by atoms with Crippen molar-refractivity contribution in [3.8, 4) is 40.3 Å². The largest absolute Gasteiger partial charge is 0.508 e. The third-order valence-corrected chi connectivity index (χ3v) is 12.4. The summed E-state index contributed by atoms with van der Waals surface area (Å²) in [5.74, 6) is -0.567. The van der Waals surface area contributed by atoms with Gasteiger partial charge in [0.05, 0.1) is 29.3 Å². The predicted molar refractivity (Wildman–Crippen MR) is 229 cm³/mol. The number of rotatable bonds is 7. The minimum absolute atomic E-state index is 0.0729. The van der Waals surface area contributed by atoms with Crippen molar-refractivity contribution in [2.45, 2.75) is 59.2 Å². The topological polar surface area (TPSA) is 147 Å².